The van der Waals surface area contributed by atoms with Crippen molar-refractivity contribution < 1.29 is 13.9 Å². The zero-order chi connectivity index (χ0) is 15.6. The zero-order valence-electron chi connectivity index (χ0n) is 13.4. The van der Waals surface area contributed by atoms with Crippen LogP contribution >= 0.6 is 0 Å². The summed E-state index contributed by atoms with van der Waals surface area (Å²) in [4.78, 5) is 16.8. The molecule has 0 bridgehead atoms. The highest BCUT2D eigenvalue weighted by Gasteiger charge is 2.31. The van der Waals surface area contributed by atoms with Gasteiger partial charge in [-0.2, -0.15) is 0 Å². The highest BCUT2D eigenvalue weighted by molar-refractivity contribution is 5.79. The van der Waals surface area contributed by atoms with Crippen molar-refractivity contribution in [3.8, 4) is 0 Å². The monoisotopic (exact) mass is 320 g/mol. The van der Waals surface area contributed by atoms with Crippen molar-refractivity contribution in [2.45, 2.75) is 38.1 Å². The number of likely N-dealkylation sites (tertiary alicyclic amines) is 1. The third-order valence-corrected chi connectivity index (χ3v) is 5.03. The van der Waals surface area contributed by atoms with Crippen molar-refractivity contribution in [3.63, 3.8) is 0 Å². The summed E-state index contributed by atoms with van der Waals surface area (Å²) in [5.74, 6) is 2.49. The summed E-state index contributed by atoms with van der Waals surface area (Å²) in [6, 6.07) is 0. The van der Waals surface area contributed by atoms with Gasteiger partial charge in [0.25, 0.3) is 0 Å². The Morgan fingerprint density at radius 1 is 1.04 bits per heavy atom. The predicted molar refractivity (Wildman–Crippen MR) is 81.7 cm³/mol. The number of amides is 1. The minimum absolute atomic E-state index is 0.161. The van der Waals surface area contributed by atoms with Crippen LogP contribution in [-0.2, 0) is 16.1 Å². The molecule has 1 aromatic heterocycles. The maximum Gasteiger partial charge on any atom is 0.230 e. The second-order valence-electron chi connectivity index (χ2n) is 6.80. The lowest BCUT2D eigenvalue weighted by molar-refractivity contribution is -0.141. The van der Waals surface area contributed by atoms with Gasteiger partial charge in [-0.1, -0.05) is 0 Å². The second-order valence-corrected chi connectivity index (χ2v) is 6.80. The first-order chi connectivity index (χ1) is 11.3. The fourth-order valence-corrected chi connectivity index (χ4v) is 3.40. The molecule has 0 aromatic carbocycles. The molecule has 3 fully saturated rings. The molecule has 0 atom stereocenters. The Kier molecular flexibility index (Phi) is 4.31. The third-order valence-electron chi connectivity index (χ3n) is 5.03. The van der Waals surface area contributed by atoms with Gasteiger partial charge in [-0.05, 0) is 38.8 Å². The summed E-state index contributed by atoms with van der Waals surface area (Å²) >= 11 is 0. The van der Waals surface area contributed by atoms with Crippen molar-refractivity contribution in [2.24, 2.45) is 5.92 Å². The number of morpholine rings is 1. The lowest BCUT2D eigenvalue weighted by Gasteiger charge is -2.35. The van der Waals surface area contributed by atoms with E-state index in [2.05, 4.69) is 15.1 Å². The first-order valence-corrected chi connectivity index (χ1v) is 8.71. The molecule has 1 aliphatic carbocycles. The van der Waals surface area contributed by atoms with Gasteiger partial charge in [0.05, 0.1) is 19.8 Å². The number of hydrogen-bond donors (Lipinski definition) is 0. The maximum absolute atomic E-state index is 12.5. The molecule has 2 saturated heterocycles. The Labute approximate surface area is 136 Å². The summed E-state index contributed by atoms with van der Waals surface area (Å²) in [6.07, 6.45) is 4.19. The molecule has 1 aromatic rings. The summed E-state index contributed by atoms with van der Waals surface area (Å²) in [7, 11) is 0. The standard InChI is InChI=1S/C16H24N4O3/c21-16(20-7-9-22-10-8-20)13-3-5-19(6-4-13)11-14-17-18-15(23-14)12-1-2-12/h12-13H,1-11H2. The van der Waals surface area contributed by atoms with E-state index >= 15 is 0 Å². The Hall–Kier alpha value is -1.47. The minimum atomic E-state index is 0.161. The lowest BCUT2D eigenvalue weighted by Crippen LogP contribution is -2.46. The number of carbonyl (C=O) groups is 1. The molecule has 2 aliphatic heterocycles. The van der Waals surface area contributed by atoms with E-state index < -0.39 is 0 Å². The van der Waals surface area contributed by atoms with Crippen molar-refractivity contribution in [3.05, 3.63) is 11.8 Å². The fourth-order valence-electron chi connectivity index (χ4n) is 3.40. The first-order valence-electron chi connectivity index (χ1n) is 8.71. The average Bonchev–Trinajstić information content (AvgIpc) is 3.36. The van der Waals surface area contributed by atoms with Gasteiger partial charge in [0.2, 0.25) is 17.7 Å². The molecule has 23 heavy (non-hydrogen) atoms. The van der Waals surface area contributed by atoms with Gasteiger partial charge in [0, 0.05) is 24.9 Å². The van der Waals surface area contributed by atoms with Crippen molar-refractivity contribution >= 4 is 5.91 Å². The van der Waals surface area contributed by atoms with Crippen LogP contribution in [0, 0.1) is 5.92 Å². The average molecular weight is 320 g/mol. The van der Waals surface area contributed by atoms with Crippen molar-refractivity contribution in [1.82, 2.24) is 20.0 Å². The fraction of sp³-hybridized carbons (Fsp3) is 0.812. The number of nitrogens with zero attached hydrogens (tertiary/aromatic N) is 4. The summed E-state index contributed by atoms with van der Waals surface area (Å²) in [6.45, 7) is 5.37. The van der Waals surface area contributed by atoms with E-state index in [4.69, 9.17) is 9.15 Å². The Balaban J connectivity index is 1.25. The Morgan fingerprint density at radius 2 is 1.78 bits per heavy atom. The molecule has 7 heteroatoms. The molecule has 7 nitrogen and oxygen atoms in total. The van der Waals surface area contributed by atoms with Crippen LogP contribution in [0.1, 0.15) is 43.4 Å². The quantitative estimate of drug-likeness (QED) is 0.825. The number of piperidine rings is 1. The van der Waals surface area contributed by atoms with Gasteiger partial charge >= 0.3 is 0 Å². The topological polar surface area (TPSA) is 71.7 Å². The third kappa shape index (κ3) is 3.55. The van der Waals surface area contributed by atoms with Crippen LogP contribution < -0.4 is 0 Å². The van der Waals surface area contributed by atoms with Crippen LogP contribution in [-0.4, -0.2) is 65.3 Å². The normalized spacial score (nSPS) is 24.1. The SMILES string of the molecule is O=C(C1CCN(Cc2nnc(C3CC3)o2)CC1)N1CCOCC1. The van der Waals surface area contributed by atoms with E-state index in [0.717, 1.165) is 44.9 Å². The van der Waals surface area contributed by atoms with E-state index in [1.54, 1.807) is 0 Å². The van der Waals surface area contributed by atoms with Crippen LogP contribution in [0.2, 0.25) is 0 Å². The number of hydrogen-bond acceptors (Lipinski definition) is 6. The molecule has 126 valence electrons. The number of rotatable bonds is 4. The summed E-state index contributed by atoms with van der Waals surface area (Å²) in [5.41, 5.74) is 0. The smallest absolute Gasteiger partial charge is 0.230 e. The van der Waals surface area contributed by atoms with Gasteiger partial charge in [-0.15, -0.1) is 10.2 Å². The second kappa shape index (κ2) is 6.57. The Morgan fingerprint density at radius 3 is 2.48 bits per heavy atom. The minimum Gasteiger partial charge on any atom is -0.424 e. The maximum atomic E-state index is 12.5. The Bertz CT molecular complexity index is 543. The molecular weight excluding hydrogens is 296 g/mol. The molecule has 0 spiro atoms. The van der Waals surface area contributed by atoms with Gasteiger partial charge in [-0.3, -0.25) is 9.69 Å². The molecular formula is C16H24N4O3. The first kappa shape index (κ1) is 15.1. The number of ether oxygens (including phenoxy) is 1. The molecule has 3 heterocycles. The summed E-state index contributed by atoms with van der Waals surface area (Å²) < 4.78 is 11.0. The lowest BCUT2D eigenvalue weighted by atomic mass is 9.95. The van der Waals surface area contributed by atoms with Gasteiger partial charge in [0.15, 0.2) is 0 Å². The summed E-state index contributed by atoms with van der Waals surface area (Å²) in [5, 5.41) is 8.28. The van der Waals surface area contributed by atoms with Crippen LogP contribution in [0.4, 0.5) is 0 Å². The van der Waals surface area contributed by atoms with Crippen LogP contribution in [0.15, 0.2) is 4.42 Å². The van der Waals surface area contributed by atoms with Crippen molar-refractivity contribution in [2.75, 3.05) is 39.4 Å². The number of carbonyl (C=O) groups excluding carboxylic acids is 1. The van der Waals surface area contributed by atoms with E-state index in [9.17, 15) is 4.79 Å². The molecule has 0 radical (unpaired) electrons. The van der Waals surface area contributed by atoms with Crippen LogP contribution in [0.3, 0.4) is 0 Å². The molecule has 1 amide bonds. The molecule has 4 rings (SSSR count). The highest BCUT2D eigenvalue weighted by atomic mass is 16.5. The molecule has 1 saturated carbocycles. The van der Waals surface area contributed by atoms with Crippen LogP contribution in [0.5, 0.6) is 0 Å². The highest BCUT2D eigenvalue weighted by Crippen LogP contribution is 2.39. The molecule has 0 N–H and O–H groups in total. The van der Waals surface area contributed by atoms with E-state index in [1.807, 2.05) is 4.90 Å². The van der Waals surface area contributed by atoms with E-state index in [1.165, 1.54) is 12.8 Å². The van der Waals surface area contributed by atoms with E-state index in [0.29, 0.717) is 37.5 Å². The largest absolute Gasteiger partial charge is 0.424 e. The zero-order valence-corrected chi connectivity index (χ0v) is 13.4. The van der Waals surface area contributed by atoms with E-state index in [-0.39, 0.29) is 5.92 Å². The molecule has 0 unspecified atom stereocenters. The number of aromatic nitrogens is 2. The van der Waals surface area contributed by atoms with Crippen LogP contribution in [0.25, 0.3) is 0 Å². The van der Waals surface area contributed by atoms with Crippen molar-refractivity contribution in [1.29, 1.82) is 0 Å². The van der Waals surface area contributed by atoms with Gasteiger partial charge in [-0.25, -0.2) is 0 Å². The predicted octanol–water partition coefficient (Wildman–Crippen LogP) is 1.02. The molecule has 3 aliphatic rings. The van der Waals surface area contributed by atoms with Gasteiger partial charge < -0.3 is 14.1 Å². The van der Waals surface area contributed by atoms with Gasteiger partial charge in [0.1, 0.15) is 0 Å².